The second kappa shape index (κ2) is 4.04. The highest BCUT2D eigenvalue weighted by molar-refractivity contribution is 5.86. The number of ketones is 1. The van der Waals surface area contributed by atoms with Gasteiger partial charge in [-0.2, -0.15) is 0 Å². The van der Waals surface area contributed by atoms with Gasteiger partial charge in [-0.15, -0.1) is 0 Å². The Hall–Kier alpha value is -0.370. The SMILES string of the molecule is COC(C(=O)C1CCC1)C(C)C. The third-order valence-electron chi connectivity index (χ3n) is 2.65. The van der Waals surface area contributed by atoms with Gasteiger partial charge in [-0.05, 0) is 18.8 Å². The van der Waals surface area contributed by atoms with Crippen LogP contribution in [0.25, 0.3) is 0 Å². The second-order valence-electron chi connectivity index (χ2n) is 3.93. The molecule has 1 fully saturated rings. The van der Waals surface area contributed by atoms with Crippen LogP contribution in [0.4, 0.5) is 0 Å². The van der Waals surface area contributed by atoms with Crippen LogP contribution >= 0.6 is 0 Å². The Morgan fingerprint density at radius 3 is 2.25 bits per heavy atom. The topological polar surface area (TPSA) is 26.3 Å². The summed E-state index contributed by atoms with van der Waals surface area (Å²) in [5.74, 6) is 0.930. The zero-order chi connectivity index (χ0) is 9.14. The van der Waals surface area contributed by atoms with Gasteiger partial charge in [-0.25, -0.2) is 0 Å². The Balaban J connectivity index is 2.46. The third kappa shape index (κ3) is 1.86. The van der Waals surface area contributed by atoms with Gasteiger partial charge in [0.1, 0.15) is 6.10 Å². The predicted molar refractivity (Wildman–Crippen MR) is 48.0 cm³/mol. The van der Waals surface area contributed by atoms with Crippen molar-refractivity contribution in [2.75, 3.05) is 7.11 Å². The summed E-state index contributed by atoms with van der Waals surface area (Å²) in [6.07, 6.45) is 3.19. The van der Waals surface area contributed by atoms with E-state index >= 15 is 0 Å². The lowest BCUT2D eigenvalue weighted by molar-refractivity contribution is -0.137. The van der Waals surface area contributed by atoms with Gasteiger partial charge in [-0.1, -0.05) is 20.3 Å². The van der Waals surface area contributed by atoms with Crippen molar-refractivity contribution in [1.29, 1.82) is 0 Å². The molecule has 2 heteroatoms. The molecule has 1 unspecified atom stereocenters. The maximum Gasteiger partial charge on any atom is 0.164 e. The number of Topliss-reactive ketones (excluding diaryl/α,β-unsaturated/α-hetero) is 1. The van der Waals surface area contributed by atoms with Gasteiger partial charge in [0.15, 0.2) is 5.78 Å². The lowest BCUT2D eigenvalue weighted by atomic mass is 9.78. The molecule has 1 aliphatic carbocycles. The average Bonchev–Trinajstić information content (AvgIpc) is 1.83. The molecule has 1 aliphatic rings. The van der Waals surface area contributed by atoms with E-state index in [4.69, 9.17) is 4.74 Å². The molecule has 0 N–H and O–H groups in total. The number of rotatable bonds is 4. The zero-order valence-corrected chi connectivity index (χ0v) is 8.17. The molecule has 70 valence electrons. The zero-order valence-electron chi connectivity index (χ0n) is 8.17. The van der Waals surface area contributed by atoms with Crippen molar-refractivity contribution in [1.82, 2.24) is 0 Å². The molecule has 0 heterocycles. The summed E-state index contributed by atoms with van der Waals surface area (Å²) in [7, 11) is 1.63. The first-order valence-corrected chi connectivity index (χ1v) is 4.73. The van der Waals surface area contributed by atoms with Gasteiger partial charge in [0.05, 0.1) is 0 Å². The minimum Gasteiger partial charge on any atom is -0.373 e. The van der Waals surface area contributed by atoms with E-state index in [1.165, 1.54) is 6.42 Å². The Labute approximate surface area is 74.3 Å². The molecule has 0 aromatic rings. The van der Waals surface area contributed by atoms with Crippen LogP contribution < -0.4 is 0 Å². The molecule has 0 aromatic carbocycles. The minimum atomic E-state index is -0.171. The van der Waals surface area contributed by atoms with Gasteiger partial charge < -0.3 is 4.74 Å². The summed E-state index contributed by atoms with van der Waals surface area (Å²) < 4.78 is 5.18. The number of methoxy groups -OCH3 is 1. The lowest BCUT2D eigenvalue weighted by Gasteiger charge is -2.29. The fourth-order valence-corrected chi connectivity index (χ4v) is 1.64. The predicted octanol–water partition coefficient (Wildman–Crippen LogP) is 2.03. The smallest absolute Gasteiger partial charge is 0.164 e. The highest BCUT2D eigenvalue weighted by atomic mass is 16.5. The minimum absolute atomic E-state index is 0.171. The van der Waals surface area contributed by atoms with Gasteiger partial charge >= 0.3 is 0 Å². The second-order valence-corrected chi connectivity index (χ2v) is 3.93. The third-order valence-corrected chi connectivity index (χ3v) is 2.65. The number of ether oxygens (including phenoxy) is 1. The van der Waals surface area contributed by atoms with Crippen LogP contribution in [-0.2, 0) is 9.53 Å². The van der Waals surface area contributed by atoms with E-state index in [0.29, 0.717) is 17.6 Å². The van der Waals surface area contributed by atoms with Crippen LogP contribution in [-0.4, -0.2) is 19.0 Å². The highest BCUT2D eigenvalue weighted by Crippen LogP contribution is 2.29. The van der Waals surface area contributed by atoms with Crippen molar-refractivity contribution < 1.29 is 9.53 Å². The van der Waals surface area contributed by atoms with E-state index in [1.807, 2.05) is 13.8 Å². The van der Waals surface area contributed by atoms with Gasteiger partial charge in [-0.3, -0.25) is 4.79 Å². The number of carbonyl (C=O) groups is 1. The first-order chi connectivity index (χ1) is 5.66. The molecule has 0 bridgehead atoms. The molecule has 0 saturated heterocycles. The van der Waals surface area contributed by atoms with Crippen molar-refractivity contribution in [2.45, 2.75) is 39.2 Å². The molecule has 0 spiro atoms. The maximum absolute atomic E-state index is 11.7. The molecule has 12 heavy (non-hydrogen) atoms. The Bertz CT molecular complexity index is 159. The van der Waals surface area contributed by atoms with Crippen LogP contribution in [0, 0.1) is 11.8 Å². The first-order valence-electron chi connectivity index (χ1n) is 4.73. The molecule has 0 radical (unpaired) electrons. The Morgan fingerprint density at radius 1 is 1.42 bits per heavy atom. The standard InChI is InChI=1S/C10H18O2/c1-7(2)10(12-3)9(11)8-5-4-6-8/h7-8,10H,4-6H2,1-3H3. The fourth-order valence-electron chi connectivity index (χ4n) is 1.64. The van der Waals surface area contributed by atoms with Crippen molar-refractivity contribution in [3.63, 3.8) is 0 Å². The molecule has 0 amide bonds. The molecule has 1 atom stereocenters. The summed E-state index contributed by atoms with van der Waals surface area (Å²) >= 11 is 0. The molecule has 1 saturated carbocycles. The molecular formula is C10H18O2. The van der Waals surface area contributed by atoms with Gasteiger partial charge in [0.2, 0.25) is 0 Å². The van der Waals surface area contributed by atoms with Crippen LogP contribution in [0.15, 0.2) is 0 Å². The van der Waals surface area contributed by atoms with E-state index in [2.05, 4.69) is 0 Å². The first kappa shape index (κ1) is 9.72. The number of carbonyl (C=O) groups excluding carboxylic acids is 1. The summed E-state index contributed by atoms with van der Waals surface area (Å²) in [6, 6.07) is 0. The normalized spacial score (nSPS) is 20.7. The number of hydrogen-bond donors (Lipinski definition) is 0. The Kier molecular flexibility index (Phi) is 3.27. The summed E-state index contributed by atoms with van der Waals surface area (Å²) in [6.45, 7) is 4.06. The quantitative estimate of drug-likeness (QED) is 0.645. The summed E-state index contributed by atoms with van der Waals surface area (Å²) in [4.78, 5) is 11.7. The molecular weight excluding hydrogens is 152 g/mol. The van der Waals surface area contributed by atoms with E-state index in [-0.39, 0.29) is 6.10 Å². The van der Waals surface area contributed by atoms with E-state index in [0.717, 1.165) is 12.8 Å². The van der Waals surface area contributed by atoms with Crippen LogP contribution in [0.1, 0.15) is 33.1 Å². The monoisotopic (exact) mass is 170 g/mol. The number of hydrogen-bond acceptors (Lipinski definition) is 2. The van der Waals surface area contributed by atoms with E-state index in [1.54, 1.807) is 7.11 Å². The van der Waals surface area contributed by atoms with E-state index < -0.39 is 0 Å². The van der Waals surface area contributed by atoms with Crippen molar-refractivity contribution in [2.24, 2.45) is 11.8 Å². The van der Waals surface area contributed by atoms with Crippen molar-refractivity contribution >= 4 is 5.78 Å². The summed E-state index contributed by atoms with van der Waals surface area (Å²) in [5, 5.41) is 0. The van der Waals surface area contributed by atoms with E-state index in [9.17, 15) is 4.79 Å². The van der Waals surface area contributed by atoms with Crippen molar-refractivity contribution in [3.05, 3.63) is 0 Å². The van der Waals surface area contributed by atoms with Crippen molar-refractivity contribution in [3.8, 4) is 0 Å². The lowest BCUT2D eigenvalue weighted by Crippen LogP contribution is -2.36. The van der Waals surface area contributed by atoms with Gasteiger partial charge in [0, 0.05) is 13.0 Å². The van der Waals surface area contributed by atoms with Crippen LogP contribution in [0.2, 0.25) is 0 Å². The summed E-state index contributed by atoms with van der Waals surface area (Å²) in [5.41, 5.74) is 0. The molecule has 2 nitrogen and oxygen atoms in total. The van der Waals surface area contributed by atoms with Crippen LogP contribution in [0.3, 0.4) is 0 Å². The highest BCUT2D eigenvalue weighted by Gasteiger charge is 2.32. The maximum atomic E-state index is 11.7. The van der Waals surface area contributed by atoms with Gasteiger partial charge in [0.25, 0.3) is 0 Å². The Morgan fingerprint density at radius 2 is 2.00 bits per heavy atom. The average molecular weight is 170 g/mol. The molecule has 0 aliphatic heterocycles. The van der Waals surface area contributed by atoms with Crippen LogP contribution in [0.5, 0.6) is 0 Å². The largest absolute Gasteiger partial charge is 0.373 e. The molecule has 0 aromatic heterocycles. The fraction of sp³-hybridized carbons (Fsp3) is 0.900. The molecule has 1 rings (SSSR count).